The van der Waals surface area contributed by atoms with Crippen molar-refractivity contribution >= 4 is 5.69 Å². The molecule has 0 aliphatic carbocycles. The Morgan fingerprint density at radius 2 is 2.15 bits per heavy atom. The Balaban J connectivity index is 1.78. The van der Waals surface area contributed by atoms with Gasteiger partial charge in [0.1, 0.15) is 0 Å². The second kappa shape index (κ2) is 6.09. The average molecular weight is 270 g/mol. The lowest BCUT2D eigenvalue weighted by molar-refractivity contribution is 0.570. The number of hydrogen-bond donors (Lipinski definition) is 1. The molecule has 0 spiro atoms. The summed E-state index contributed by atoms with van der Waals surface area (Å²) < 4.78 is 1.99. The maximum absolute atomic E-state index is 4.39. The molecule has 2 aromatic rings. The molecular formula is C16H22N4. The van der Waals surface area contributed by atoms with Gasteiger partial charge in [-0.05, 0) is 25.5 Å². The third-order valence-electron chi connectivity index (χ3n) is 3.91. The number of aryl methyl sites for hydroxylation is 1. The summed E-state index contributed by atoms with van der Waals surface area (Å²) >= 11 is 0. The molecule has 1 fully saturated rings. The average Bonchev–Trinajstić information content (AvgIpc) is 2.85. The standard InChI is InChI=1S/C16H22N4/c1-2-20-12-15(11-18-20)19-10-6-9-17-16(13-19)14-7-4-3-5-8-14/h3-5,7-8,11-12,16-17H,2,6,9-10,13H2,1H3. The molecule has 0 radical (unpaired) electrons. The van der Waals surface area contributed by atoms with E-state index in [0.717, 1.165) is 26.2 Å². The molecule has 0 amide bonds. The zero-order valence-electron chi connectivity index (χ0n) is 12.0. The van der Waals surface area contributed by atoms with E-state index >= 15 is 0 Å². The molecule has 1 saturated heterocycles. The first-order valence-corrected chi connectivity index (χ1v) is 7.42. The van der Waals surface area contributed by atoms with Gasteiger partial charge in [0.15, 0.2) is 0 Å². The number of benzene rings is 1. The highest BCUT2D eigenvalue weighted by molar-refractivity contribution is 5.43. The van der Waals surface area contributed by atoms with Crippen molar-refractivity contribution in [1.82, 2.24) is 15.1 Å². The summed E-state index contributed by atoms with van der Waals surface area (Å²) in [6.45, 7) is 6.20. The summed E-state index contributed by atoms with van der Waals surface area (Å²) in [5.74, 6) is 0. The first kappa shape index (κ1) is 13.2. The van der Waals surface area contributed by atoms with Crippen molar-refractivity contribution in [1.29, 1.82) is 0 Å². The van der Waals surface area contributed by atoms with Crippen LogP contribution in [0, 0.1) is 0 Å². The second-order valence-corrected chi connectivity index (χ2v) is 5.27. The van der Waals surface area contributed by atoms with Gasteiger partial charge >= 0.3 is 0 Å². The van der Waals surface area contributed by atoms with Gasteiger partial charge in [0.05, 0.1) is 11.9 Å². The van der Waals surface area contributed by atoms with Crippen LogP contribution in [0.2, 0.25) is 0 Å². The van der Waals surface area contributed by atoms with Gasteiger partial charge in [-0.15, -0.1) is 0 Å². The molecule has 1 unspecified atom stereocenters. The van der Waals surface area contributed by atoms with E-state index in [1.807, 2.05) is 10.9 Å². The number of rotatable bonds is 3. The van der Waals surface area contributed by atoms with Gasteiger partial charge in [0.2, 0.25) is 0 Å². The van der Waals surface area contributed by atoms with Gasteiger partial charge in [-0.25, -0.2) is 0 Å². The van der Waals surface area contributed by atoms with E-state index in [1.54, 1.807) is 0 Å². The van der Waals surface area contributed by atoms with Gasteiger partial charge in [-0.3, -0.25) is 4.68 Å². The Morgan fingerprint density at radius 1 is 1.30 bits per heavy atom. The normalized spacial score (nSPS) is 19.9. The van der Waals surface area contributed by atoms with Crippen LogP contribution in [-0.4, -0.2) is 29.4 Å². The number of anilines is 1. The molecule has 3 rings (SSSR count). The maximum Gasteiger partial charge on any atom is 0.0753 e. The Kier molecular flexibility index (Phi) is 4.02. The largest absolute Gasteiger partial charge is 0.367 e. The van der Waals surface area contributed by atoms with Gasteiger partial charge < -0.3 is 10.2 Å². The molecule has 1 aromatic carbocycles. The van der Waals surface area contributed by atoms with Crippen LogP contribution in [-0.2, 0) is 6.54 Å². The molecule has 2 heterocycles. The van der Waals surface area contributed by atoms with Crippen LogP contribution < -0.4 is 10.2 Å². The number of nitrogens with one attached hydrogen (secondary N) is 1. The minimum Gasteiger partial charge on any atom is -0.367 e. The highest BCUT2D eigenvalue weighted by Crippen LogP contribution is 2.21. The van der Waals surface area contributed by atoms with Crippen molar-refractivity contribution in [3.8, 4) is 0 Å². The van der Waals surface area contributed by atoms with E-state index in [4.69, 9.17) is 0 Å². The monoisotopic (exact) mass is 270 g/mol. The van der Waals surface area contributed by atoms with Gasteiger partial charge in [-0.2, -0.15) is 5.10 Å². The summed E-state index contributed by atoms with van der Waals surface area (Å²) in [5, 5.41) is 8.04. The smallest absolute Gasteiger partial charge is 0.0753 e. The van der Waals surface area contributed by atoms with Crippen LogP contribution in [0.1, 0.15) is 24.9 Å². The van der Waals surface area contributed by atoms with Crippen molar-refractivity contribution < 1.29 is 0 Å². The van der Waals surface area contributed by atoms with E-state index in [9.17, 15) is 0 Å². The quantitative estimate of drug-likeness (QED) is 0.930. The van der Waals surface area contributed by atoms with Crippen LogP contribution in [0.5, 0.6) is 0 Å². The lowest BCUT2D eigenvalue weighted by Crippen LogP contribution is -2.31. The summed E-state index contributed by atoms with van der Waals surface area (Å²) in [6.07, 6.45) is 5.30. The minimum atomic E-state index is 0.392. The predicted molar refractivity (Wildman–Crippen MR) is 81.9 cm³/mol. The van der Waals surface area contributed by atoms with Crippen molar-refractivity contribution in [3.05, 3.63) is 48.3 Å². The van der Waals surface area contributed by atoms with E-state index < -0.39 is 0 Å². The third kappa shape index (κ3) is 2.85. The fraction of sp³-hybridized carbons (Fsp3) is 0.438. The number of aromatic nitrogens is 2. The van der Waals surface area contributed by atoms with Gasteiger partial charge in [0.25, 0.3) is 0 Å². The summed E-state index contributed by atoms with van der Waals surface area (Å²) in [7, 11) is 0. The molecule has 1 aliphatic heterocycles. The first-order valence-electron chi connectivity index (χ1n) is 7.42. The van der Waals surface area contributed by atoms with Crippen molar-refractivity contribution in [3.63, 3.8) is 0 Å². The van der Waals surface area contributed by atoms with Gasteiger partial charge in [0, 0.05) is 31.9 Å². The number of nitrogens with zero attached hydrogens (tertiary/aromatic N) is 3. The molecule has 106 valence electrons. The fourth-order valence-electron chi connectivity index (χ4n) is 2.75. The molecule has 0 saturated carbocycles. The Labute approximate surface area is 120 Å². The Hall–Kier alpha value is -1.81. The minimum absolute atomic E-state index is 0.392. The van der Waals surface area contributed by atoms with Gasteiger partial charge in [-0.1, -0.05) is 30.3 Å². The fourth-order valence-corrected chi connectivity index (χ4v) is 2.75. The highest BCUT2D eigenvalue weighted by Gasteiger charge is 2.20. The zero-order chi connectivity index (χ0) is 13.8. The molecule has 20 heavy (non-hydrogen) atoms. The van der Waals surface area contributed by atoms with Crippen LogP contribution in [0.25, 0.3) is 0 Å². The molecule has 1 atom stereocenters. The van der Waals surface area contributed by atoms with E-state index in [2.05, 4.69) is 58.8 Å². The van der Waals surface area contributed by atoms with Crippen molar-refractivity contribution in [2.75, 3.05) is 24.5 Å². The second-order valence-electron chi connectivity index (χ2n) is 5.27. The highest BCUT2D eigenvalue weighted by atomic mass is 15.3. The molecule has 4 nitrogen and oxygen atoms in total. The van der Waals surface area contributed by atoms with Crippen LogP contribution in [0.4, 0.5) is 5.69 Å². The molecule has 1 N–H and O–H groups in total. The van der Waals surface area contributed by atoms with Crippen LogP contribution >= 0.6 is 0 Å². The Bertz CT molecular complexity index is 534. The van der Waals surface area contributed by atoms with Crippen LogP contribution in [0.15, 0.2) is 42.7 Å². The predicted octanol–water partition coefficient (Wildman–Crippen LogP) is 2.44. The summed E-state index contributed by atoms with van der Waals surface area (Å²) in [6, 6.07) is 11.1. The molecule has 0 bridgehead atoms. The third-order valence-corrected chi connectivity index (χ3v) is 3.91. The Morgan fingerprint density at radius 3 is 2.90 bits per heavy atom. The topological polar surface area (TPSA) is 33.1 Å². The van der Waals surface area contributed by atoms with E-state index in [1.165, 1.54) is 17.7 Å². The lowest BCUT2D eigenvalue weighted by Gasteiger charge is -2.25. The van der Waals surface area contributed by atoms with E-state index in [-0.39, 0.29) is 0 Å². The zero-order valence-corrected chi connectivity index (χ0v) is 12.0. The molecular weight excluding hydrogens is 248 g/mol. The van der Waals surface area contributed by atoms with Crippen LogP contribution in [0.3, 0.4) is 0 Å². The number of hydrogen-bond acceptors (Lipinski definition) is 3. The summed E-state index contributed by atoms with van der Waals surface area (Å²) in [5.41, 5.74) is 2.60. The summed E-state index contributed by atoms with van der Waals surface area (Å²) in [4.78, 5) is 2.44. The molecule has 1 aromatic heterocycles. The maximum atomic E-state index is 4.39. The SMILES string of the molecule is CCn1cc(N2CCCNC(c3ccccc3)C2)cn1. The van der Waals surface area contributed by atoms with E-state index in [0.29, 0.717) is 6.04 Å². The van der Waals surface area contributed by atoms with Crippen molar-refractivity contribution in [2.45, 2.75) is 25.9 Å². The molecule has 4 heteroatoms. The lowest BCUT2D eigenvalue weighted by atomic mass is 10.1. The first-order chi connectivity index (χ1) is 9.86. The van der Waals surface area contributed by atoms with Crippen molar-refractivity contribution in [2.24, 2.45) is 0 Å². The molecule has 1 aliphatic rings.